The summed E-state index contributed by atoms with van der Waals surface area (Å²) in [6.07, 6.45) is 2.32. The SMILES string of the molecule is CNC(CCC(=O)NC(CCC(C)=O)C(=O)NCCN1C(=O)C=CC1=O)C(=O)O. The number of hydrogen-bond donors (Lipinski definition) is 4. The van der Waals surface area contributed by atoms with Crippen molar-refractivity contribution in [3.8, 4) is 0 Å². The van der Waals surface area contributed by atoms with Crippen molar-refractivity contribution in [1.29, 1.82) is 0 Å². The van der Waals surface area contributed by atoms with E-state index in [2.05, 4.69) is 16.0 Å². The van der Waals surface area contributed by atoms with Crippen molar-refractivity contribution in [2.75, 3.05) is 20.1 Å². The number of imide groups is 1. The molecule has 0 aromatic carbocycles. The van der Waals surface area contributed by atoms with Gasteiger partial charge in [0, 0.05) is 38.1 Å². The molecule has 0 bridgehead atoms. The maximum Gasteiger partial charge on any atom is 0.320 e. The fourth-order valence-electron chi connectivity index (χ4n) is 2.62. The monoisotopic (exact) mass is 410 g/mol. The highest BCUT2D eigenvalue weighted by molar-refractivity contribution is 6.12. The van der Waals surface area contributed by atoms with E-state index >= 15 is 0 Å². The standard InChI is InChI=1S/C18H26N4O7/c1-11(23)3-4-12(21-14(24)6-5-13(19-2)18(28)29)17(27)20-9-10-22-15(25)7-8-16(22)26/h7-8,12-13,19H,3-6,9-10H2,1-2H3,(H,20,27)(H,21,24)(H,28,29). The van der Waals surface area contributed by atoms with Gasteiger partial charge in [-0.05, 0) is 26.8 Å². The lowest BCUT2D eigenvalue weighted by Crippen LogP contribution is -2.49. The van der Waals surface area contributed by atoms with Gasteiger partial charge in [-0.25, -0.2) is 0 Å². The van der Waals surface area contributed by atoms with E-state index in [1.807, 2.05) is 0 Å². The summed E-state index contributed by atoms with van der Waals surface area (Å²) in [4.78, 5) is 70.6. The molecular formula is C18H26N4O7. The van der Waals surface area contributed by atoms with Crippen molar-refractivity contribution in [2.45, 2.75) is 44.7 Å². The number of carboxylic acid groups (broad SMARTS) is 1. The lowest BCUT2D eigenvalue weighted by molar-refractivity contribution is -0.140. The molecule has 0 radical (unpaired) electrons. The first kappa shape index (κ1) is 24.0. The van der Waals surface area contributed by atoms with Gasteiger partial charge in [0.2, 0.25) is 11.8 Å². The second-order valence-electron chi connectivity index (χ2n) is 6.53. The Labute approximate surface area is 167 Å². The van der Waals surface area contributed by atoms with E-state index < -0.39 is 41.7 Å². The van der Waals surface area contributed by atoms with Crippen molar-refractivity contribution >= 4 is 35.4 Å². The van der Waals surface area contributed by atoms with Crippen molar-refractivity contribution < 1.29 is 33.9 Å². The second kappa shape index (κ2) is 11.7. The first-order valence-electron chi connectivity index (χ1n) is 9.15. The maximum atomic E-state index is 12.4. The van der Waals surface area contributed by atoms with Crippen LogP contribution in [0.4, 0.5) is 0 Å². The molecule has 0 saturated carbocycles. The predicted molar refractivity (Wildman–Crippen MR) is 100 cm³/mol. The molecule has 2 atom stereocenters. The molecule has 4 N–H and O–H groups in total. The highest BCUT2D eigenvalue weighted by Crippen LogP contribution is 2.04. The van der Waals surface area contributed by atoms with Crippen LogP contribution in [0.3, 0.4) is 0 Å². The summed E-state index contributed by atoms with van der Waals surface area (Å²) in [7, 11) is 1.46. The molecule has 1 aliphatic rings. The summed E-state index contributed by atoms with van der Waals surface area (Å²) in [5.41, 5.74) is 0. The van der Waals surface area contributed by atoms with Crippen LogP contribution in [0.5, 0.6) is 0 Å². The molecular weight excluding hydrogens is 384 g/mol. The minimum Gasteiger partial charge on any atom is -0.480 e. The van der Waals surface area contributed by atoms with Gasteiger partial charge in [-0.2, -0.15) is 0 Å². The Hall–Kier alpha value is -3.08. The Morgan fingerprint density at radius 3 is 2.14 bits per heavy atom. The molecule has 1 heterocycles. The number of hydrogen-bond acceptors (Lipinski definition) is 7. The average Bonchev–Trinajstić information content (AvgIpc) is 2.97. The molecule has 1 rings (SSSR count). The topological polar surface area (TPSA) is 162 Å². The van der Waals surface area contributed by atoms with Crippen LogP contribution in [-0.2, 0) is 28.8 Å². The summed E-state index contributed by atoms with van der Waals surface area (Å²) in [5, 5.41) is 16.6. The fourth-order valence-corrected chi connectivity index (χ4v) is 2.62. The third kappa shape index (κ3) is 8.21. The highest BCUT2D eigenvalue weighted by Gasteiger charge is 2.25. The van der Waals surface area contributed by atoms with Gasteiger partial charge in [0.25, 0.3) is 11.8 Å². The van der Waals surface area contributed by atoms with Gasteiger partial charge in [0.05, 0.1) is 0 Å². The van der Waals surface area contributed by atoms with Gasteiger partial charge in [0.15, 0.2) is 0 Å². The Balaban J connectivity index is 2.56. The van der Waals surface area contributed by atoms with E-state index in [4.69, 9.17) is 5.11 Å². The molecule has 2 unspecified atom stereocenters. The molecule has 0 spiro atoms. The summed E-state index contributed by atoms with van der Waals surface area (Å²) in [6, 6.07) is -1.89. The number of carbonyl (C=O) groups is 6. The molecule has 0 aromatic rings. The Morgan fingerprint density at radius 1 is 1.03 bits per heavy atom. The molecule has 11 nitrogen and oxygen atoms in total. The molecule has 4 amide bonds. The second-order valence-corrected chi connectivity index (χ2v) is 6.53. The Kier molecular flexibility index (Phi) is 9.66. The third-order valence-electron chi connectivity index (χ3n) is 4.28. The van der Waals surface area contributed by atoms with E-state index in [0.717, 1.165) is 17.1 Å². The van der Waals surface area contributed by atoms with E-state index in [9.17, 15) is 28.8 Å². The highest BCUT2D eigenvalue weighted by atomic mass is 16.4. The number of ketones is 1. The fraction of sp³-hybridized carbons (Fsp3) is 0.556. The number of amides is 4. The zero-order chi connectivity index (χ0) is 22.0. The first-order chi connectivity index (χ1) is 13.6. The van der Waals surface area contributed by atoms with Gasteiger partial charge in [-0.1, -0.05) is 0 Å². The number of nitrogens with one attached hydrogen (secondary N) is 3. The number of rotatable bonds is 13. The molecule has 0 fully saturated rings. The third-order valence-corrected chi connectivity index (χ3v) is 4.28. The molecule has 0 saturated heterocycles. The molecule has 29 heavy (non-hydrogen) atoms. The van der Waals surface area contributed by atoms with Crippen LogP contribution < -0.4 is 16.0 Å². The van der Waals surface area contributed by atoms with E-state index in [1.54, 1.807) is 0 Å². The maximum absolute atomic E-state index is 12.4. The minimum absolute atomic E-state index is 0.00865. The molecule has 0 aromatic heterocycles. The van der Waals surface area contributed by atoms with Crippen molar-refractivity contribution in [3.63, 3.8) is 0 Å². The zero-order valence-corrected chi connectivity index (χ0v) is 16.4. The van der Waals surface area contributed by atoms with Gasteiger partial charge in [0.1, 0.15) is 17.9 Å². The quantitative estimate of drug-likeness (QED) is 0.262. The smallest absolute Gasteiger partial charge is 0.320 e. The van der Waals surface area contributed by atoms with Gasteiger partial charge >= 0.3 is 5.97 Å². The predicted octanol–water partition coefficient (Wildman–Crippen LogP) is -1.67. The zero-order valence-electron chi connectivity index (χ0n) is 16.4. The molecule has 11 heteroatoms. The summed E-state index contributed by atoms with van der Waals surface area (Å²) in [6.45, 7) is 1.33. The Morgan fingerprint density at radius 2 is 1.62 bits per heavy atom. The van der Waals surface area contributed by atoms with Crippen LogP contribution in [0.15, 0.2) is 12.2 Å². The number of aliphatic carboxylic acids is 1. The van der Waals surface area contributed by atoms with Crippen molar-refractivity contribution in [3.05, 3.63) is 12.2 Å². The van der Waals surface area contributed by atoms with Crippen LogP contribution in [0.1, 0.15) is 32.6 Å². The van der Waals surface area contributed by atoms with Crippen LogP contribution in [0, 0.1) is 0 Å². The lowest BCUT2D eigenvalue weighted by Gasteiger charge is -2.20. The lowest BCUT2D eigenvalue weighted by atomic mass is 10.1. The number of carboxylic acids is 1. The van der Waals surface area contributed by atoms with Crippen LogP contribution >= 0.6 is 0 Å². The van der Waals surface area contributed by atoms with E-state index in [1.165, 1.54) is 14.0 Å². The molecule has 160 valence electrons. The van der Waals surface area contributed by atoms with Gasteiger partial charge < -0.3 is 25.9 Å². The molecule has 1 aliphatic heterocycles. The summed E-state index contributed by atoms with van der Waals surface area (Å²) >= 11 is 0. The van der Waals surface area contributed by atoms with Crippen LogP contribution in [-0.4, -0.2) is 77.6 Å². The number of carbonyl (C=O) groups excluding carboxylic acids is 5. The van der Waals surface area contributed by atoms with E-state index in [0.29, 0.717) is 0 Å². The minimum atomic E-state index is -1.09. The normalized spacial score (nSPS) is 15.2. The largest absolute Gasteiger partial charge is 0.480 e. The van der Waals surface area contributed by atoms with E-state index in [-0.39, 0.29) is 44.6 Å². The molecule has 0 aliphatic carbocycles. The van der Waals surface area contributed by atoms with Crippen molar-refractivity contribution in [2.24, 2.45) is 0 Å². The Bertz CT molecular complexity index is 686. The summed E-state index contributed by atoms with van der Waals surface area (Å²) < 4.78 is 0. The number of Topliss-reactive ketones (excluding diaryl/α,β-unsaturated/α-hetero) is 1. The first-order valence-corrected chi connectivity index (χ1v) is 9.15. The average molecular weight is 410 g/mol. The number of nitrogens with zero attached hydrogens (tertiary/aromatic N) is 1. The number of likely N-dealkylation sites (N-methyl/N-ethyl adjacent to an activating group) is 1. The van der Waals surface area contributed by atoms with Gasteiger partial charge in [-0.3, -0.25) is 28.9 Å². The summed E-state index contributed by atoms with van der Waals surface area (Å²) in [5.74, 6) is -3.27. The van der Waals surface area contributed by atoms with Crippen molar-refractivity contribution in [1.82, 2.24) is 20.9 Å². The van der Waals surface area contributed by atoms with Gasteiger partial charge in [-0.15, -0.1) is 0 Å². The van der Waals surface area contributed by atoms with Crippen LogP contribution in [0.25, 0.3) is 0 Å². The van der Waals surface area contributed by atoms with Crippen LogP contribution in [0.2, 0.25) is 0 Å².